The lowest BCUT2D eigenvalue weighted by Gasteiger charge is -1.96. The summed E-state index contributed by atoms with van der Waals surface area (Å²) in [5, 5.41) is 2.47. The fraction of sp³-hybridized carbons (Fsp3) is 0.182. The van der Waals surface area contributed by atoms with Gasteiger partial charge in [-0.1, -0.05) is 23.8 Å². The van der Waals surface area contributed by atoms with Crippen molar-refractivity contribution in [1.82, 2.24) is 4.98 Å². The lowest BCUT2D eigenvalue weighted by atomic mass is 10.1. The van der Waals surface area contributed by atoms with Crippen molar-refractivity contribution in [3.05, 3.63) is 42.2 Å². The van der Waals surface area contributed by atoms with Crippen molar-refractivity contribution >= 4 is 10.8 Å². The Kier molecular flexibility index (Phi) is 3.41. The first-order valence-electron chi connectivity index (χ1n) is 4.24. The smallest absolute Gasteiger partial charge is 0.0346 e. The van der Waals surface area contributed by atoms with Gasteiger partial charge in [-0.15, -0.1) is 0 Å². The van der Waals surface area contributed by atoms with Crippen LogP contribution < -0.4 is 5.73 Å². The standard InChI is InChI=1S/C10H9N.CH5N/c1-8-2-3-10-7-11-5-4-9(10)6-8;1-2/h2-7H,1H3;2H2,1H3. The van der Waals surface area contributed by atoms with E-state index in [2.05, 4.69) is 35.8 Å². The highest BCUT2D eigenvalue weighted by Crippen LogP contribution is 2.12. The monoisotopic (exact) mass is 174 g/mol. The van der Waals surface area contributed by atoms with Crippen LogP contribution in [-0.2, 0) is 0 Å². The summed E-state index contributed by atoms with van der Waals surface area (Å²) in [6.07, 6.45) is 3.70. The van der Waals surface area contributed by atoms with Crippen molar-refractivity contribution in [1.29, 1.82) is 0 Å². The molecule has 1 heterocycles. The second kappa shape index (κ2) is 4.58. The van der Waals surface area contributed by atoms with Crippen LogP contribution in [0.15, 0.2) is 36.7 Å². The Morgan fingerprint density at radius 3 is 2.62 bits per heavy atom. The molecule has 68 valence electrons. The van der Waals surface area contributed by atoms with Crippen LogP contribution in [0.4, 0.5) is 0 Å². The molecule has 13 heavy (non-hydrogen) atoms. The zero-order valence-electron chi connectivity index (χ0n) is 7.99. The van der Waals surface area contributed by atoms with Crippen LogP contribution in [0.2, 0.25) is 0 Å². The van der Waals surface area contributed by atoms with Crippen LogP contribution in [0.25, 0.3) is 10.8 Å². The van der Waals surface area contributed by atoms with E-state index >= 15 is 0 Å². The van der Waals surface area contributed by atoms with Gasteiger partial charge in [0.1, 0.15) is 0 Å². The molecule has 1 aromatic heterocycles. The zero-order valence-corrected chi connectivity index (χ0v) is 7.99. The van der Waals surface area contributed by atoms with Crippen molar-refractivity contribution < 1.29 is 0 Å². The van der Waals surface area contributed by atoms with E-state index in [1.165, 1.54) is 23.4 Å². The van der Waals surface area contributed by atoms with Crippen molar-refractivity contribution in [2.24, 2.45) is 5.73 Å². The predicted molar refractivity (Wildman–Crippen MR) is 56.6 cm³/mol. The van der Waals surface area contributed by atoms with Gasteiger partial charge < -0.3 is 5.73 Å². The average Bonchev–Trinajstić information content (AvgIpc) is 2.21. The second-order valence-electron chi connectivity index (χ2n) is 2.73. The number of rotatable bonds is 0. The zero-order chi connectivity index (χ0) is 9.68. The Bertz CT molecular complexity index is 383. The normalized spacial score (nSPS) is 9.15. The highest BCUT2D eigenvalue weighted by molar-refractivity contribution is 5.81. The first kappa shape index (κ1) is 9.68. The van der Waals surface area contributed by atoms with Crippen LogP contribution in [0.3, 0.4) is 0 Å². The number of aryl methyl sites for hydroxylation is 1. The molecule has 0 fully saturated rings. The van der Waals surface area contributed by atoms with E-state index in [1.807, 2.05) is 18.5 Å². The summed E-state index contributed by atoms with van der Waals surface area (Å²) in [5.74, 6) is 0. The lowest BCUT2D eigenvalue weighted by molar-refractivity contribution is 1.36. The molecule has 0 aliphatic carbocycles. The average molecular weight is 174 g/mol. The molecule has 0 saturated carbocycles. The molecule has 0 atom stereocenters. The highest BCUT2D eigenvalue weighted by atomic mass is 14.6. The number of nitrogens with zero attached hydrogens (tertiary/aromatic N) is 1. The van der Waals surface area contributed by atoms with E-state index in [-0.39, 0.29) is 0 Å². The quantitative estimate of drug-likeness (QED) is 0.664. The molecule has 2 N–H and O–H groups in total. The fourth-order valence-electron chi connectivity index (χ4n) is 1.20. The van der Waals surface area contributed by atoms with Crippen molar-refractivity contribution in [2.75, 3.05) is 7.05 Å². The van der Waals surface area contributed by atoms with Gasteiger partial charge >= 0.3 is 0 Å². The van der Waals surface area contributed by atoms with E-state index in [0.29, 0.717) is 0 Å². The maximum absolute atomic E-state index is 4.50. The minimum atomic E-state index is 1.21. The van der Waals surface area contributed by atoms with E-state index in [0.717, 1.165) is 0 Å². The molecule has 0 spiro atoms. The van der Waals surface area contributed by atoms with Gasteiger partial charge in [-0.05, 0) is 25.4 Å². The highest BCUT2D eigenvalue weighted by Gasteiger charge is 1.90. The van der Waals surface area contributed by atoms with Crippen LogP contribution in [0.1, 0.15) is 5.56 Å². The van der Waals surface area contributed by atoms with Crippen LogP contribution in [0.5, 0.6) is 0 Å². The van der Waals surface area contributed by atoms with Gasteiger partial charge in [-0.2, -0.15) is 0 Å². The minimum Gasteiger partial charge on any atom is -0.333 e. The van der Waals surface area contributed by atoms with Gasteiger partial charge in [0.05, 0.1) is 0 Å². The second-order valence-corrected chi connectivity index (χ2v) is 2.73. The van der Waals surface area contributed by atoms with Gasteiger partial charge in [0.2, 0.25) is 0 Å². The molecule has 0 bridgehead atoms. The number of hydrogen-bond donors (Lipinski definition) is 1. The number of benzene rings is 1. The molecular weight excluding hydrogens is 160 g/mol. The molecule has 2 aromatic rings. The van der Waals surface area contributed by atoms with Gasteiger partial charge in [-0.3, -0.25) is 4.98 Å². The summed E-state index contributed by atoms with van der Waals surface area (Å²) >= 11 is 0. The topological polar surface area (TPSA) is 38.9 Å². The van der Waals surface area contributed by atoms with Crippen molar-refractivity contribution in [2.45, 2.75) is 6.92 Å². The third-order valence-electron chi connectivity index (χ3n) is 1.80. The Hall–Kier alpha value is -1.41. The minimum absolute atomic E-state index is 1.21. The Morgan fingerprint density at radius 1 is 1.08 bits per heavy atom. The van der Waals surface area contributed by atoms with Gasteiger partial charge in [-0.25, -0.2) is 0 Å². The third kappa shape index (κ3) is 2.26. The molecule has 2 rings (SSSR count). The van der Waals surface area contributed by atoms with Crippen molar-refractivity contribution in [3.8, 4) is 0 Å². The molecular formula is C11H14N2. The summed E-state index contributed by atoms with van der Waals surface area (Å²) < 4.78 is 0. The number of pyridine rings is 1. The summed E-state index contributed by atoms with van der Waals surface area (Å²) in [6, 6.07) is 8.39. The summed E-state index contributed by atoms with van der Waals surface area (Å²) in [4.78, 5) is 4.04. The van der Waals surface area contributed by atoms with E-state index < -0.39 is 0 Å². The predicted octanol–water partition coefficient (Wildman–Crippen LogP) is 2.12. The van der Waals surface area contributed by atoms with Crippen molar-refractivity contribution in [3.63, 3.8) is 0 Å². The number of nitrogens with two attached hydrogens (primary N) is 1. The van der Waals surface area contributed by atoms with Gasteiger partial charge in [0.25, 0.3) is 0 Å². The number of aromatic nitrogens is 1. The van der Waals surface area contributed by atoms with Crippen LogP contribution in [0, 0.1) is 6.92 Å². The number of fused-ring (bicyclic) bond motifs is 1. The molecule has 1 aromatic carbocycles. The summed E-state index contributed by atoms with van der Waals surface area (Å²) in [5.41, 5.74) is 5.80. The summed E-state index contributed by atoms with van der Waals surface area (Å²) in [7, 11) is 1.50. The lowest BCUT2D eigenvalue weighted by Crippen LogP contribution is -1.75. The van der Waals surface area contributed by atoms with E-state index in [1.54, 1.807) is 0 Å². The molecule has 0 aliphatic heterocycles. The molecule has 0 saturated heterocycles. The first-order valence-corrected chi connectivity index (χ1v) is 4.24. The maximum atomic E-state index is 4.50. The maximum Gasteiger partial charge on any atom is 0.0346 e. The molecule has 2 nitrogen and oxygen atoms in total. The van der Waals surface area contributed by atoms with E-state index in [4.69, 9.17) is 0 Å². The molecule has 0 amide bonds. The molecule has 0 aliphatic rings. The fourth-order valence-corrected chi connectivity index (χ4v) is 1.20. The van der Waals surface area contributed by atoms with Gasteiger partial charge in [0.15, 0.2) is 0 Å². The Labute approximate surface area is 78.4 Å². The Morgan fingerprint density at radius 2 is 1.85 bits per heavy atom. The molecule has 2 heteroatoms. The van der Waals surface area contributed by atoms with E-state index in [9.17, 15) is 0 Å². The molecule has 0 unspecified atom stereocenters. The largest absolute Gasteiger partial charge is 0.333 e. The Balaban J connectivity index is 0.000000396. The van der Waals surface area contributed by atoms with Crippen LogP contribution >= 0.6 is 0 Å². The molecule has 0 radical (unpaired) electrons. The summed E-state index contributed by atoms with van der Waals surface area (Å²) in [6.45, 7) is 2.10. The number of hydrogen-bond acceptors (Lipinski definition) is 2. The third-order valence-corrected chi connectivity index (χ3v) is 1.80. The van der Waals surface area contributed by atoms with Crippen LogP contribution in [-0.4, -0.2) is 12.0 Å². The first-order chi connectivity index (χ1) is 6.36. The van der Waals surface area contributed by atoms with Gasteiger partial charge in [0, 0.05) is 17.8 Å². The SMILES string of the molecule is CN.Cc1ccc2cnccc2c1.